The van der Waals surface area contributed by atoms with Gasteiger partial charge in [-0.05, 0) is 36.6 Å². The van der Waals surface area contributed by atoms with Gasteiger partial charge in [0.1, 0.15) is 0 Å². The average Bonchev–Trinajstić information content (AvgIpc) is 2.45. The molecule has 1 aromatic rings. The number of nitrogen functional groups attached to an aromatic ring is 1. The Morgan fingerprint density at radius 2 is 2.21 bits per heavy atom. The Balaban J connectivity index is 1.68. The van der Waals surface area contributed by atoms with Crippen LogP contribution in [0, 0.1) is 0 Å². The molecule has 1 saturated heterocycles. The van der Waals surface area contributed by atoms with Crippen molar-refractivity contribution in [1.82, 2.24) is 5.32 Å². The van der Waals surface area contributed by atoms with E-state index in [4.69, 9.17) is 5.73 Å². The van der Waals surface area contributed by atoms with Crippen molar-refractivity contribution in [2.45, 2.75) is 37.4 Å². The first-order chi connectivity index (χ1) is 9.25. The second-order valence-corrected chi connectivity index (χ2v) is 6.40. The van der Waals surface area contributed by atoms with Crippen LogP contribution in [-0.2, 0) is 11.2 Å². The van der Waals surface area contributed by atoms with Crippen LogP contribution in [0.1, 0.15) is 31.2 Å². The van der Waals surface area contributed by atoms with Crippen LogP contribution < -0.4 is 11.1 Å². The zero-order valence-corrected chi connectivity index (χ0v) is 12.0. The van der Waals surface area contributed by atoms with E-state index in [0.29, 0.717) is 11.7 Å². The molecule has 0 aromatic heterocycles. The van der Waals surface area contributed by atoms with Crippen LogP contribution >= 0.6 is 11.8 Å². The first-order valence-electron chi connectivity index (χ1n) is 6.97. The summed E-state index contributed by atoms with van der Waals surface area (Å²) in [5.41, 5.74) is 7.70. The largest absolute Gasteiger partial charge is 0.399 e. The van der Waals surface area contributed by atoms with E-state index in [2.05, 4.69) is 5.32 Å². The van der Waals surface area contributed by atoms with Crippen molar-refractivity contribution < 1.29 is 4.79 Å². The molecule has 1 fully saturated rings. The third kappa shape index (κ3) is 4.78. The Bertz CT molecular complexity index is 416. The lowest BCUT2D eigenvalue weighted by Gasteiger charge is -2.21. The topological polar surface area (TPSA) is 55.1 Å². The van der Waals surface area contributed by atoms with E-state index in [9.17, 15) is 4.79 Å². The molecule has 19 heavy (non-hydrogen) atoms. The molecule has 4 heteroatoms. The van der Waals surface area contributed by atoms with Gasteiger partial charge in [-0.25, -0.2) is 0 Å². The predicted molar refractivity (Wildman–Crippen MR) is 82.3 cm³/mol. The van der Waals surface area contributed by atoms with Crippen LogP contribution in [0.3, 0.4) is 0 Å². The summed E-state index contributed by atoms with van der Waals surface area (Å²) in [6.45, 7) is 0.813. The molecule has 0 saturated carbocycles. The molecule has 1 heterocycles. The molecule has 1 atom stereocenters. The van der Waals surface area contributed by atoms with E-state index in [1.54, 1.807) is 0 Å². The van der Waals surface area contributed by atoms with E-state index < -0.39 is 0 Å². The minimum Gasteiger partial charge on any atom is -0.399 e. The number of aryl methyl sites for hydroxylation is 1. The molecule has 0 spiro atoms. The lowest BCUT2D eigenvalue weighted by atomic mass is 10.1. The number of carbonyl (C=O) groups excluding carboxylic acids is 1. The van der Waals surface area contributed by atoms with Crippen LogP contribution in [0.4, 0.5) is 5.69 Å². The van der Waals surface area contributed by atoms with Gasteiger partial charge in [0.15, 0.2) is 0 Å². The maximum absolute atomic E-state index is 11.8. The molecule has 2 rings (SSSR count). The number of hydrogen-bond donors (Lipinski definition) is 2. The quantitative estimate of drug-likeness (QED) is 0.814. The molecular weight excluding hydrogens is 256 g/mol. The van der Waals surface area contributed by atoms with Crippen LogP contribution in [0.5, 0.6) is 0 Å². The fourth-order valence-corrected chi connectivity index (χ4v) is 3.53. The van der Waals surface area contributed by atoms with Gasteiger partial charge in [0.05, 0.1) is 0 Å². The molecule has 1 aliphatic rings. The summed E-state index contributed by atoms with van der Waals surface area (Å²) >= 11 is 1.99. The second-order valence-electron chi connectivity index (χ2n) is 4.99. The van der Waals surface area contributed by atoms with Crippen LogP contribution in [0.25, 0.3) is 0 Å². The predicted octanol–water partition coefficient (Wildman–Crippen LogP) is 2.60. The number of anilines is 1. The summed E-state index contributed by atoms with van der Waals surface area (Å²) in [6.07, 6.45) is 5.09. The third-order valence-corrected chi connectivity index (χ3v) is 4.88. The number of benzene rings is 1. The summed E-state index contributed by atoms with van der Waals surface area (Å²) in [6, 6.07) is 7.74. The highest BCUT2D eigenvalue weighted by atomic mass is 32.2. The SMILES string of the molecule is Nc1ccccc1CCC(=O)NCC1CCCCS1. The Hall–Kier alpha value is -1.16. The minimum absolute atomic E-state index is 0.134. The second kappa shape index (κ2) is 7.43. The van der Waals surface area contributed by atoms with Crippen LogP contribution in [-0.4, -0.2) is 23.5 Å². The Labute approximate surface area is 119 Å². The first-order valence-corrected chi connectivity index (χ1v) is 8.02. The highest BCUT2D eigenvalue weighted by Gasteiger charge is 2.14. The number of nitrogens with one attached hydrogen (secondary N) is 1. The van der Waals surface area contributed by atoms with Crippen molar-refractivity contribution in [3.8, 4) is 0 Å². The molecule has 3 nitrogen and oxygen atoms in total. The number of amides is 1. The number of rotatable bonds is 5. The number of para-hydroxylation sites is 1. The standard InChI is InChI=1S/C15H22N2OS/c16-14-7-2-1-5-12(14)8-9-15(18)17-11-13-6-3-4-10-19-13/h1-2,5,7,13H,3-4,6,8-11,16H2,(H,17,18). The average molecular weight is 278 g/mol. The number of nitrogens with two attached hydrogens (primary N) is 1. The van der Waals surface area contributed by atoms with E-state index in [0.717, 1.165) is 24.2 Å². The van der Waals surface area contributed by atoms with Gasteiger partial charge >= 0.3 is 0 Å². The Kier molecular flexibility index (Phi) is 5.58. The maximum Gasteiger partial charge on any atom is 0.220 e. The smallest absolute Gasteiger partial charge is 0.220 e. The van der Waals surface area contributed by atoms with Gasteiger partial charge in [-0.2, -0.15) is 11.8 Å². The van der Waals surface area contributed by atoms with Crippen molar-refractivity contribution in [2.75, 3.05) is 18.0 Å². The van der Waals surface area contributed by atoms with Gasteiger partial charge < -0.3 is 11.1 Å². The summed E-state index contributed by atoms with van der Waals surface area (Å²) in [4.78, 5) is 11.8. The maximum atomic E-state index is 11.8. The lowest BCUT2D eigenvalue weighted by molar-refractivity contribution is -0.121. The van der Waals surface area contributed by atoms with Gasteiger partial charge in [-0.1, -0.05) is 24.6 Å². The van der Waals surface area contributed by atoms with Gasteiger partial charge in [0, 0.05) is 23.9 Å². The molecule has 104 valence electrons. The molecule has 3 N–H and O–H groups in total. The van der Waals surface area contributed by atoms with Crippen molar-refractivity contribution in [3.05, 3.63) is 29.8 Å². The van der Waals surface area contributed by atoms with Crippen molar-refractivity contribution in [1.29, 1.82) is 0 Å². The summed E-state index contributed by atoms with van der Waals surface area (Å²) < 4.78 is 0. The molecule has 1 amide bonds. The first kappa shape index (κ1) is 14.3. The van der Waals surface area contributed by atoms with E-state index in [-0.39, 0.29) is 5.91 Å². The third-order valence-electron chi connectivity index (χ3n) is 3.48. The monoisotopic (exact) mass is 278 g/mol. The molecular formula is C15H22N2OS. The molecule has 0 bridgehead atoms. The van der Waals surface area contributed by atoms with E-state index >= 15 is 0 Å². The van der Waals surface area contributed by atoms with Gasteiger partial charge in [0.25, 0.3) is 0 Å². The van der Waals surface area contributed by atoms with Gasteiger partial charge in [0.2, 0.25) is 5.91 Å². The number of carbonyl (C=O) groups is 1. The summed E-state index contributed by atoms with van der Waals surface area (Å²) in [5, 5.41) is 3.65. The van der Waals surface area contributed by atoms with Crippen molar-refractivity contribution in [3.63, 3.8) is 0 Å². The highest BCUT2D eigenvalue weighted by Crippen LogP contribution is 2.24. The Morgan fingerprint density at radius 3 is 2.95 bits per heavy atom. The molecule has 1 aliphatic heterocycles. The summed E-state index contributed by atoms with van der Waals surface area (Å²) in [5.74, 6) is 1.37. The molecule has 1 unspecified atom stereocenters. The molecule has 1 aromatic carbocycles. The fourth-order valence-electron chi connectivity index (χ4n) is 2.29. The zero-order chi connectivity index (χ0) is 13.5. The molecule has 0 radical (unpaired) electrons. The number of thioether (sulfide) groups is 1. The minimum atomic E-state index is 0.134. The highest BCUT2D eigenvalue weighted by molar-refractivity contribution is 7.99. The summed E-state index contributed by atoms with van der Waals surface area (Å²) in [7, 11) is 0. The molecule has 0 aliphatic carbocycles. The van der Waals surface area contributed by atoms with E-state index in [1.807, 2.05) is 36.0 Å². The van der Waals surface area contributed by atoms with Crippen LogP contribution in [0.2, 0.25) is 0 Å². The fraction of sp³-hybridized carbons (Fsp3) is 0.533. The lowest BCUT2D eigenvalue weighted by Crippen LogP contribution is -2.32. The van der Waals surface area contributed by atoms with Gasteiger partial charge in [-0.15, -0.1) is 0 Å². The van der Waals surface area contributed by atoms with Gasteiger partial charge in [-0.3, -0.25) is 4.79 Å². The van der Waals surface area contributed by atoms with Crippen molar-refractivity contribution in [2.24, 2.45) is 0 Å². The van der Waals surface area contributed by atoms with E-state index in [1.165, 1.54) is 25.0 Å². The number of hydrogen-bond acceptors (Lipinski definition) is 3. The Morgan fingerprint density at radius 1 is 1.37 bits per heavy atom. The zero-order valence-electron chi connectivity index (χ0n) is 11.2. The van der Waals surface area contributed by atoms with Crippen molar-refractivity contribution >= 4 is 23.4 Å². The van der Waals surface area contributed by atoms with Crippen LogP contribution in [0.15, 0.2) is 24.3 Å². The normalized spacial score (nSPS) is 19.1.